The number of aliphatic hydroxyl groups excluding tert-OH is 1. The highest BCUT2D eigenvalue weighted by molar-refractivity contribution is 6.91. The summed E-state index contributed by atoms with van der Waals surface area (Å²) in [6.45, 7) is 7.82. The predicted molar refractivity (Wildman–Crippen MR) is 178 cm³/mol. The van der Waals surface area contributed by atoms with Crippen LogP contribution in [0.1, 0.15) is 38.2 Å². The van der Waals surface area contributed by atoms with Crippen LogP contribution in [-0.2, 0) is 20.7 Å². The molecule has 2 amide bonds. The van der Waals surface area contributed by atoms with Crippen molar-refractivity contribution in [3.8, 4) is 5.75 Å². The molecule has 2 aliphatic heterocycles. The molecule has 0 bridgehead atoms. The van der Waals surface area contributed by atoms with Gasteiger partial charge in [0, 0.05) is 17.9 Å². The molecule has 2 fully saturated rings. The van der Waals surface area contributed by atoms with Crippen molar-refractivity contribution in [3.05, 3.63) is 84.4 Å². The Morgan fingerprint density at radius 3 is 2.34 bits per heavy atom. The van der Waals surface area contributed by atoms with Crippen LogP contribution in [0, 0.1) is 5.92 Å². The van der Waals surface area contributed by atoms with Gasteiger partial charge in [-0.05, 0) is 79.1 Å². The number of carbonyl (C=O) groups is 2. The van der Waals surface area contributed by atoms with Gasteiger partial charge in [-0.1, -0.05) is 67.7 Å². The van der Waals surface area contributed by atoms with Crippen LogP contribution >= 0.6 is 0 Å². The van der Waals surface area contributed by atoms with Crippen molar-refractivity contribution in [2.45, 2.75) is 75.9 Å². The second kappa shape index (κ2) is 14.1. The second-order valence-corrected chi connectivity index (χ2v) is 17.5. The number of anilines is 2. The largest absolute Gasteiger partial charge is 0.497 e. The fraction of sp³-hybridized carbons (Fsp3) is 0.444. The van der Waals surface area contributed by atoms with E-state index in [0.717, 1.165) is 49.2 Å². The van der Waals surface area contributed by atoms with Gasteiger partial charge in [-0.25, -0.2) is 0 Å². The summed E-state index contributed by atoms with van der Waals surface area (Å²) in [6.07, 6.45) is 4.56. The van der Waals surface area contributed by atoms with Gasteiger partial charge in [-0.2, -0.15) is 0 Å². The van der Waals surface area contributed by atoms with Crippen molar-refractivity contribution < 1.29 is 24.2 Å². The molecule has 0 aromatic heterocycles. The maximum atomic E-state index is 13.6. The van der Waals surface area contributed by atoms with E-state index < -0.39 is 8.07 Å². The molecular weight excluding hydrogens is 568 g/mol. The molecule has 5 atom stereocenters. The standard InChI is InChI=1S/C36H46N2O5Si/c1-26-33(21-14-27-12-15-29(16-13-27)38(25-40)28-9-6-5-7-10-28)43-34(23-35(41)37-22-8-11-30(37)24-39)36(26)44(3,4)32-19-17-31(42-2)18-20-32/h5-7,9-10,12-13,15-20,25-26,30,33-34,36,39H,8,11,14,21-24H2,1-4H3/t26-,30-,33+,34-,36+/m0/s1. The summed E-state index contributed by atoms with van der Waals surface area (Å²) in [4.78, 5) is 29.0. The van der Waals surface area contributed by atoms with E-state index in [2.05, 4.69) is 44.3 Å². The summed E-state index contributed by atoms with van der Waals surface area (Å²) < 4.78 is 12.3. The lowest BCUT2D eigenvalue weighted by Gasteiger charge is -2.36. The molecule has 0 aliphatic carbocycles. The number of hydrogen-bond donors (Lipinski definition) is 1. The number of para-hydroxylation sites is 1. The van der Waals surface area contributed by atoms with Crippen molar-refractivity contribution >= 4 is 37.0 Å². The Hall–Kier alpha value is -3.46. The van der Waals surface area contributed by atoms with E-state index in [4.69, 9.17) is 9.47 Å². The van der Waals surface area contributed by atoms with Crippen LogP contribution in [0.5, 0.6) is 5.75 Å². The van der Waals surface area contributed by atoms with E-state index >= 15 is 0 Å². The van der Waals surface area contributed by atoms with Gasteiger partial charge in [0.2, 0.25) is 12.3 Å². The van der Waals surface area contributed by atoms with E-state index in [1.165, 1.54) is 10.8 Å². The number of nitrogens with zero attached hydrogens (tertiary/aromatic N) is 2. The number of methoxy groups -OCH3 is 1. The summed E-state index contributed by atoms with van der Waals surface area (Å²) in [5, 5.41) is 11.2. The minimum atomic E-state index is -2.09. The summed E-state index contributed by atoms with van der Waals surface area (Å²) in [5.74, 6) is 1.22. The van der Waals surface area contributed by atoms with Crippen LogP contribution < -0.4 is 14.8 Å². The van der Waals surface area contributed by atoms with Crippen LogP contribution in [0.3, 0.4) is 0 Å². The molecule has 2 aliphatic rings. The predicted octanol–water partition coefficient (Wildman–Crippen LogP) is 5.69. The molecular formula is C36H46N2O5Si. The van der Waals surface area contributed by atoms with Crippen LogP contribution in [0.25, 0.3) is 0 Å². The fourth-order valence-corrected chi connectivity index (χ4v) is 11.5. The highest BCUT2D eigenvalue weighted by Gasteiger charge is 2.51. The van der Waals surface area contributed by atoms with Gasteiger partial charge < -0.3 is 19.5 Å². The average molecular weight is 615 g/mol. The average Bonchev–Trinajstić information content (AvgIpc) is 3.66. The molecule has 2 heterocycles. The third-order valence-corrected chi connectivity index (χ3v) is 14.3. The molecule has 8 heteroatoms. The van der Waals surface area contributed by atoms with Crippen molar-refractivity contribution in [2.24, 2.45) is 5.92 Å². The number of carbonyl (C=O) groups excluding carboxylic acids is 2. The van der Waals surface area contributed by atoms with Crippen molar-refractivity contribution in [3.63, 3.8) is 0 Å². The minimum Gasteiger partial charge on any atom is -0.497 e. The quantitative estimate of drug-likeness (QED) is 0.210. The van der Waals surface area contributed by atoms with Gasteiger partial charge in [-0.15, -0.1) is 0 Å². The molecule has 0 unspecified atom stereocenters. The smallest absolute Gasteiger partial charge is 0.225 e. The first-order valence-corrected chi connectivity index (χ1v) is 18.9. The lowest BCUT2D eigenvalue weighted by molar-refractivity contribution is -0.135. The first kappa shape index (κ1) is 31.9. The Kier molecular flexibility index (Phi) is 10.2. The van der Waals surface area contributed by atoms with Gasteiger partial charge in [0.1, 0.15) is 5.75 Å². The Bertz CT molecular complexity index is 1380. The highest BCUT2D eigenvalue weighted by Crippen LogP contribution is 2.46. The normalized spacial score (nSPS) is 23.5. The molecule has 0 saturated carbocycles. The van der Waals surface area contributed by atoms with Crippen molar-refractivity contribution in [1.29, 1.82) is 0 Å². The molecule has 234 valence electrons. The summed E-state index contributed by atoms with van der Waals surface area (Å²) in [7, 11) is -0.401. The van der Waals surface area contributed by atoms with E-state index in [1.54, 1.807) is 12.0 Å². The summed E-state index contributed by atoms with van der Waals surface area (Å²) in [5.41, 5.74) is 3.11. The number of likely N-dealkylation sites (tertiary alicyclic amines) is 1. The van der Waals surface area contributed by atoms with Gasteiger partial charge in [-0.3, -0.25) is 14.5 Å². The number of rotatable bonds is 12. The maximum absolute atomic E-state index is 13.6. The van der Waals surface area contributed by atoms with Crippen molar-refractivity contribution in [1.82, 2.24) is 4.90 Å². The topological polar surface area (TPSA) is 79.3 Å². The van der Waals surface area contributed by atoms with E-state index in [1.807, 2.05) is 59.5 Å². The number of amides is 2. The van der Waals surface area contributed by atoms with Crippen LogP contribution in [0.15, 0.2) is 78.9 Å². The molecule has 44 heavy (non-hydrogen) atoms. The molecule has 0 radical (unpaired) electrons. The molecule has 1 N–H and O–H groups in total. The molecule has 2 saturated heterocycles. The lowest BCUT2D eigenvalue weighted by atomic mass is 9.95. The number of benzene rings is 3. The van der Waals surface area contributed by atoms with Crippen LogP contribution in [-0.4, -0.2) is 68.9 Å². The number of aryl methyl sites for hydroxylation is 1. The number of aliphatic hydroxyl groups is 1. The SMILES string of the molecule is COc1ccc([Si](C)(C)[C@@H]2[C@@H](C)[C@@H](CCc3ccc(N(C=O)c4ccccc4)cc3)O[C@H]2CC(=O)N2CCC[C@H]2CO)cc1. The van der Waals surface area contributed by atoms with Gasteiger partial charge >= 0.3 is 0 Å². The van der Waals surface area contributed by atoms with E-state index in [-0.39, 0.29) is 42.2 Å². The third kappa shape index (κ3) is 6.77. The van der Waals surface area contributed by atoms with E-state index in [9.17, 15) is 14.7 Å². The fourth-order valence-electron chi connectivity index (χ4n) is 7.48. The Morgan fingerprint density at radius 1 is 1.02 bits per heavy atom. The van der Waals surface area contributed by atoms with Gasteiger partial charge in [0.15, 0.2) is 0 Å². The number of hydrogen-bond acceptors (Lipinski definition) is 5. The van der Waals surface area contributed by atoms with E-state index in [0.29, 0.717) is 13.0 Å². The molecule has 3 aromatic carbocycles. The Balaban J connectivity index is 1.32. The zero-order chi connectivity index (χ0) is 31.3. The molecule has 0 spiro atoms. The first-order valence-electron chi connectivity index (χ1n) is 15.9. The van der Waals surface area contributed by atoms with Crippen LogP contribution in [0.4, 0.5) is 11.4 Å². The zero-order valence-electron chi connectivity index (χ0n) is 26.4. The van der Waals surface area contributed by atoms with Crippen molar-refractivity contribution in [2.75, 3.05) is 25.2 Å². The van der Waals surface area contributed by atoms with Gasteiger partial charge in [0.05, 0.1) is 46.5 Å². The second-order valence-electron chi connectivity index (χ2n) is 12.8. The lowest BCUT2D eigenvalue weighted by Crippen LogP contribution is -2.51. The van der Waals surface area contributed by atoms with Gasteiger partial charge in [0.25, 0.3) is 0 Å². The Morgan fingerprint density at radius 2 is 1.70 bits per heavy atom. The Labute approximate surface area is 262 Å². The monoisotopic (exact) mass is 614 g/mol. The molecule has 7 nitrogen and oxygen atoms in total. The van der Waals surface area contributed by atoms with Crippen LogP contribution in [0.2, 0.25) is 18.6 Å². The molecule has 5 rings (SSSR count). The minimum absolute atomic E-state index is 0.0144. The highest BCUT2D eigenvalue weighted by atomic mass is 28.3. The third-order valence-electron chi connectivity index (χ3n) is 9.93. The summed E-state index contributed by atoms with van der Waals surface area (Å²) in [6, 6.07) is 26.1. The number of ether oxygens (including phenoxy) is 2. The zero-order valence-corrected chi connectivity index (χ0v) is 27.4. The summed E-state index contributed by atoms with van der Waals surface area (Å²) >= 11 is 0. The first-order chi connectivity index (χ1) is 21.3. The molecule has 3 aromatic rings. The maximum Gasteiger partial charge on any atom is 0.225 e.